The second-order valence-electron chi connectivity index (χ2n) is 5.37. The number of nitrogens with one attached hydrogen (secondary N) is 1. The molecule has 0 aromatic carbocycles. The molecule has 1 heterocycles. The number of anilines is 1. The van der Waals surface area contributed by atoms with Gasteiger partial charge in [0.1, 0.15) is 5.69 Å². The fraction of sp³-hybridized carbons (Fsp3) is 0.692. The molecule has 3 atom stereocenters. The fourth-order valence-electron chi connectivity index (χ4n) is 2.45. The first-order valence-corrected chi connectivity index (χ1v) is 6.53. The van der Waals surface area contributed by atoms with Crippen LogP contribution in [0.2, 0.25) is 0 Å². The Labute approximate surface area is 110 Å². The lowest BCUT2D eigenvalue weighted by Crippen LogP contribution is -2.31. The summed E-state index contributed by atoms with van der Waals surface area (Å²) in [5, 5.41) is 3.02. The van der Waals surface area contributed by atoms with Crippen LogP contribution in [0, 0.1) is 11.8 Å². The Morgan fingerprint density at radius 1 is 1.21 bits per heavy atom. The van der Waals surface area contributed by atoms with Crippen molar-refractivity contribution in [3.63, 3.8) is 0 Å². The molecule has 0 radical (unpaired) electrons. The zero-order valence-electron chi connectivity index (χ0n) is 11.0. The van der Waals surface area contributed by atoms with E-state index in [4.69, 9.17) is 0 Å². The normalized spacial score (nSPS) is 28.2. The van der Waals surface area contributed by atoms with Crippen LogP contribution in [0.4, 0.5) is 19.1 Å². The van der Waals surface area contributed by atoms with Gasteiger partial charge in [0.15, 0.2) is 0 Å². The largest absolute Gasteiger partial charge is 0.433 e. The molecule has 1 aliphatic rings. The van der Waals surface area contributed by atoms with Crippen LogP contribution in [-0.2, 0) is 6.18 Å². The van der Waals surface area contributed by atoms with Crippen molar-refractivity contribution in [3.8, 4) is 0 Å². The summed E-state index contributed by atoms with van der Waals surface area (Å²) in [6.07, 6.45) is -0.301. The molecule has 1 aromatic rings. The van der Waals surface area contributed by atoms with E-state index < -0.39 is 11.9 Å². The molecule has 1 N–H and O–H groups in total. The minimum atomic E-state index is -4.42. The van der Waals surface area contributed by atoms with Gasteiger partial charge in [-0.1, -0.05) is 13.8 Å². The van der Waals surface area contributed by atoms with Crippen LogP contribution in [0.25, 0.3) is 0 Å². The quantitative estimate of drug-likeness (QED) is 0.892. The molecule has 19 heavy (non-hydrogen) atoms. The summed E-state index contributed by atoms with van der Waals surface area (Å²) in [7, 11) is 0. The highest BCUT2D eigenvalue weighted by Gasteiger charge is 2.33. The van der Waals surface area contributed by atoms with Crippen molar-refractivity contribution in [1.29, 1.82) is 0 Å². The van der Waals surface area contributed by atoms with Gasteiger partial charge in [0.25, 0.3) is 0 Å². The van der Waals surface area contributed by atoms with E-state index in [1.807, 2.05) is 0 Å². The molecule has 1 aromatic heterocycles. The van der Waals surface area contributed by atoms with E-state index in [1.165, 1.54) is 0 Å². The first kappa shape index (κ1) is 14.1. The van der Waals surface area contributed by atoms with Crippen molar-refractivity contribution in [2.45, 2.75) is 45.3 Å². The van der Waals surface area contributed by atoms with E-state index in [9.17, 15) is 13.2 Å². The second kappa shape index (κ2) is 5.35. The number of hydrogen-bond donors (Lipinski definition) is 1. The maximum Gasteiger partial charge on any atom is 0.433 e. The smallest absolute Gasteiger partial charge is 0.351 e. The van der Waals surface area contributed by atoms with Gasteiger partial charge in [-0.05, 0) is 37.2 Å². The van der Waals surface area contributed by atoms with Gasteiger partial charge in [-0.15, -0.1) is 0 Å². The Morgan fingerprint density at radius 2 is 1.95 bits per heavy atom. The van der Waals surface area contributed by atoms with Crippen molar-refractivity contribution >= 4 is 5.95 Å². The van der Waals surface area contributed by atoms with Crippen LogP contribution in [0.15, 0.2) is 12.3 Å². The minimum Gasteiger partial charge on any atom is -0.351 e. The molecule has 3 unspecified atom stereocenters. The molecule has 106 valence electrons. The van der Waals surface area contributed by atoms with Crippen molar-refractivity contribution in [3.05, 3.63) is 18.0 Å². The zero-order valence-corrected chi connectivity index (χ0v) is 11.0. The highest BCUT2D eigenvalue weighted by Crippen LogP contribution is 2.31. The Morgan fingerprint density at radius 3 is 2.58 bits per heavy atom. The summed E-state index contributed by atoms with van der Waals surface area (Å²) >= 11 is 0. The van der Waals surface area contributed by atoms with Crippen LogP contribution in [-0.4, -0.2) is 16.0 Å². The summed E-state index contributed by atoms with van der Waals surface area (Å²) in [6.45, 7) is 4.38. The van der Waals surface area contributed by atoms with Gasteiger partial charge < -0.3 is 5.32 Å². The highest BCUT2D eigenvalue weighted by atomic mass is 19.4. The molecule has 1 aliphatic carbocycles. The monoisotopic (exact) mass is 273 g/mol. The van der Waals surface area contributed by atoms with Crippen LogP contribution >= 0.6 is 0 Å². The summed E-state index contributed by atoms with van der Waals surface area (Å²) in [5.74, 6) is 1.30. The third-order valence-corrected chi connectivity index (χ3v) is 3.88. The molecule has 0 amide bonds. The maximum absolute atomic E-state index is 12.5. The Hall–Kier alpha value is -1.33. The molecular weight excluding hydrogens is 255 g/mol. The topological polar surface area (TPSA) is 37.8 Å². The molecule has 2 rings (SSSR count). The first-order valence-electron chi connectivity index (χ1n) is 6.53. The van der Waals surface area contributed by atoms with Gasteiger partial charge in [0.05, 0.1) is 0 Å². The predicted octanol–water partition coefficient (Wildman–Crippen LogP) is 3.73. The van der Waals surface area contributed by atoms with Crippen molar-refractivity contribution in [2.24, 2.45) is 11.8 Å². The Balaban J connectivity index is 2.04. The lowest BCUT2D eigenvalue weighted by Gasteiger charge is -2.32. The molecular formula is C13H18F3N3. The summed E-state index contributed by atoms with van der Waals surface area (Å²) in [4.78, 5) is 7.40. The number of halogens is 3. The fourth-order valence-corrected chi connectivity index (χ4v) is 2.45. The van der Waals surface area contributed by atoms with E-state index in [1.54, 1.807) is 0 Å². The molecule has 1 saturated carbocycles. The van der Waals surface area contributed by atoms with Crippen LogP contribution in [0.1, 0.15) is 38.8 Å². The van der Waals surface area contributed by atoms with Crippen molar-refractivity contribution < 1.29 is 13.2 Å². The predicted molar refractivity (Wildman–Crippen MR) is 66.6 cm³/mol. The molecule has 0 bridgehead atoms. The molecule has 3 nitrogen and oxygen atoms in total. The highest BCUT2D eigenvalue weighted by molar-refractivity contribution is 5.27. The Bertz CT molecular complexity index is 433. The SMILES string of the molecule is CC1CCC(Nc2nccc(C(F)(F)F)n2)CC1C. The van der Waals surface area contributed by atoms with Crippen LogP contribution < -0.4 is 5.32 Å². The standard InChI is InChI=1S/C13H18F3N3/c1-8-3-4-10(7-9(8)2)18-12-17-6-5-11(19-12)13(14,15)16/h5-6,8-10H,3-4,7H2,1-2H3,(H,17,18,19). The molecule has 0 aliphatic heterocycles. The molecule has 0 saturated heterocycles. The molecule has 1 fully saturated rings. The van der Waals surface area contributed by atoms with Gasteiger partial charge in [-0.25, -0.2) is 9.97 Å². The van der Waals surface area contributed by atoms with E-state index >= 15 is 0 Å². The average molecular weight is 273 g/mol. The van der Waals surface area contributed by atoms with Crippen molar-refractivity contribution in [2.75, 3.05) is 5.32 Å². The summed E-state index contributed by atoms with van der Waals surface area (Å²) < 4.78 is 37.6. The number of hydrogen-bond acceptors (Lipinski definition) is 3. The summed E-state index contributed by atoms with van der Waals surface area (Å²) in [6, 6.07) is 1.05. The third-order valence-electron chi connectivity index (χ3n) is 3.88. The van der Waals surface area contributed by atoms with Gasteiger partial charge in [0.2, 0.25) is 5.95 Å². The minimum absolute atomic E-state index is 0.0709. The molecule has 0 spiro atoms. The lowest BCUT2D eigenvalue weighted by atomic mass is 9.79. The first-order chi connectivity index (χ1) is 8.86. The average Bonchev–Trinajstić information content (AvgIpc) is 2.33. The number of alkyl halides is 3. The van der Waals surface area contributed by atoms with Crippen LogP contribution in [0.5, 0.6) is 0 Å². The number of nitrogens with zero attached hydrogens (tertiary/aromatic N) is 2. The zero-order chi connectivity index (χ0) is 14.0. The van der Waals surface area contributed by atoms with E-state index in [0.29, 0.717) is 11.8 Å². The van der Waals surface area contributed by atoms with Crippen LogP contribution in [0.3, 0.4) is 0 Å². The number of rotatable bonds is 2. The van der Waals surface area contributed by atoms with E-state index in [0.717, 1.165) is 31.5 Å². The van der Waals surface area contributed by atoms with Gasteiger partial charge >= 0.3 is 6.18 Å². The molecule has 6 heteroatoms. The lowest BCUT2D eigenvalue weighted by molar-refractivity contribution is -0.141. The van der Waals surface area contributed by atoms with Gasteiger partial charge in [-0.3, -0.25) is 0 Å². The van der Waals surface area contributed by atoms with E-state index in [-0.39, 0.29) is 12.0 Å². The Kier molecular flexibility index (Phi) is 3.96. The van der Waals surface area contributed by atoms with Gasteiger partial charge in [0, 0.05) is 12.2 Å². The van der Waals surface area contributed by atoms with Gasteiger partial charge in [-0.2, -0.15) is 13.2 Å². The summed E-state index contributed by atoms with van der Waals surface area (Å²) in [5.41, 5.74) is -0.901. The van der Waals surface area contributed by atoms with Crippen molar-refractivity contribution in [1.82, 2.24) is 9.97 Å². The second-order valence-corrected chi connectivity index (χ2v) is 5.37. The number of aromatic nitrogens is 2. The maximum atomic E-state index is 12.5. The van der Waals surface area contributed by atoms with E-state index in [2.05, 4.69) is 29.1 Å². The third kappa shape index (κ3) is 3.58.